The van der Waals surface area contributed by atoms with Crippen LogP contribution in [0.2, 0.25) is 0 Å². The van der Waals surface area contributed by atoms with E-state index >= 15 is 0 Å². The lowest BCUT2D eigenvalue weighted by Gasteiger charge is -2.37. The minimum atomic E-state index is -0.167. The molecule has 0 atom stereocenters. The third-order valence-electron chi connectivity index (χ3n) is 9.06. The Hall–Kier alpha value is -4.39. The molecular weight excluding hydrogens is 526 g/mol. The fraction of sp³-hybridized carbons (Fsp3) is 0.343. The number of rotatable bonds is 4. The van der Waals surface area contributed by atoms with E-state index in [1.165, 1.54) is 11.1 Å². The minimum absolute atomic E-state index is 0.167. The van der Waals surface area contributed by atoms with E-state index in [4.69, 9.17) is 33.9 Å². The van der Waals surface area contributed by atoms with Crippen molar-refractivity contribution >= 4 is 21.8 Å². The molecule has 3 aromatic heterocycles. The maximum absolute atomic E-state index is 5.73. The molecule has 0 amide bonds. The standard InChI is InChI=1S/C35H35N3O4/c1-34(2)16-24-18(30-22(34)14-20-26(39-5)9-11-28(41-7)32(20)37-30)13-19-25(36-24)17-35(3,4)23-15-21-27(40-6)10-12-29(42-8)33(21)38-31(19)23/h9-15H,16-17H2,1-8H3. The van der Waals surface area contributed by atoms with Gasteiger partial charge in [0.2, 0.25) is 0 Å². The molecular formula is C35H35N3O4. The zero-order valence-electron chi connectivity index (χ0n) is 25.4. The number of ether oxygens (including phenoxy) is 4. The van der Waals surface area contributed by atoms with Gasteiger partial charge in [-0.3, -0.25) is 4.98 Å². The smallest absolute Gasteiger partial charge is 0.145 e. The van der Waals surface area contributed by atoms with E-state index in [1.54, 1.807) is 28.4 Å². The van der Waals surface area contributed by atoms with E-state index in [-0.39, 0.29) is 10.8 Å². The number of fused-ring (bicyclic) bond motifs is 8. The van der Waals surface area contributed by atoms with Gasteiger partial charge in [-0.1, -0.05) is 27.7 Å². The topological polar surface area (TPSA) is 75.6 Å². The molecule has 0 saturated carbocycles. The molecule has 5 aromatic rings. The van der Waals surface area contributed by atoms with Gasteiger partial charge in [0.1, 0.15) is 34.0 Å². The number of nitrogens with zero attached hydrogens (tertiary/aromatic N) is 3. The summed E-state index contributed by atoms with van der Waals surface area (Å²) in [6.45, 7) is 9.07. The van der Waals surface area contributed by atoms with Crippen LogP contribution in [0.15, 0.2) is 42.5 Å². The molecule has 7 nitrogen and oxygen atoms in total. The van der Waals surface area contributed by atoms with Crippen molar-refractivity contribution < 1.29 is 18.9 Å². The molecule has 0 spiro atoms. The van der Waals surface area contributed by atoms with Crippen LogP contribution < -0.4 is 18.9 Å². The molecule has 0 N–H and O–H groups in total. The first kappa shape index (κ1) is 26.5. The molecule has 7 heteroatoms. The molecule has 214 valence electrons. The van der Waals surface area contributed by atoms with Gasteiger partial charge in [0, 0.05) is 21.9 Å². The summed E-state index contributed by atoms with van der Waals surface area (Å²) >= 11 is 0. The van der Waals surface area contributed by atoms with Crippen molar-refractivity contribution in [1.29, 1.82) is 0 Å². The number of aromatic nitrogens is 3. The first-order valence-electron chi connectivity index (χ1n) is 14.3. The summed E-state index contributed by atoms with van der Waals surface area (Å²) < 4.78 is 22.9. The Morgan fingerprint density at radius 2 is 0.905 bits per heavy atom. The van der Waals surface area contributed by atoms with Gasteiger partial charge in [-0.25, -0.2) is 9.97 Å². The zero-order valence-corrected chi connectivity index (χ0v) is 25.4. The van der Waals surface area contributed by atoms with Crippen molar-refractivity contribution in [2.75, 3.05) is 28.4 Å². The Bertz CT molecular complexity index is 1810. The molecule has 2 aromatic carbocycles. The SMILES string of the molecule is COc1ccc(OC)c2nc3c(cc12)C(C)(C)Cc1nc2c(cc1-3)-c1nc3c(OC)ccc(OC)c3cc1C(C)(C)C2. The van der Waals surface area contributed by atoms with Crippen molar-refractivity contribution in [1.82, 2.24) is 15.0 Å². The average molecular weight is 562 g/mol. The average Bonchev–Trinajstić information content (AvgIpc) is 2.97. The summed E-state index contributed by atoms with van der Waals surface area (Å²) in [4.78, 5) is 15.9. The van der Waals surface area contributed by atoms with E-state index in [9.17, 15) is 0 Å². The molecule has 2 aliphatic carbocycles. The van der Waals surface area contributed by atoms with Gasteiger partial charge in [-0.2, -0.15) is 0 Å². The third-order valence-corrected chi connectivity index (χ3v) is 9.06. The Balaban J connectivity index is 1.53. The van der Waals surface area contributed by atoms with Crippen molar-refractivity contribution in [3.05, 3.63) is 65.0 Å². The Morgan fingerprint density at radius 3 is 1.29 bits per heavy atom. The zero-order chi connectivity index (χ0) is 29.6. The second kappa shape index (κ2) is 9.05. The lowest BCUT2D eigenvalue weighted by molar-refractivity contribution is 0.409. The van der Waals surface area contributed by atoms with Crippen molar-refractivity contribution in [3.8, 4) is 45.5 Å². The minimum Gasteiger partial charge on any atom is -0.496 e. The van der Waals surface area contributed by atoms with E-state index < -0.39 is 0 Å². The number of pyridine rings is 3. The fourth-order valence-electron chi connectivity index (χ4n) is 6.85. The third kappa shape index (κ3) is 3.68. The lowest BCUT2D eigenvalue weighted by Crippen LogP contribution is -2.30. The van der Waals surface area contributed by atoms with Gasteiger partial charge < -0.3 is 18.9 Å². The molecule has 0 bridgehead atoms. The van der Waals surface area contributed by atoms with Crippen LogP contribution in [0.4, 0.5) is 0 Å². The molecule has 3 heterocycles. The van der Waals surface area contributed by atoms with Gasteiger partial charge in [0.25, 0.3) is 0 Å². The highest BCUT2D eigenvalue weighted by Gasteiger charge is 2.39. The Labute approximate surface area is 245 Å². The first-order chi connectivity index (χ1) is 20.1. The molecule has 2 aliphatic rings. The van der Waals surface area contributed by atoms with Crippen molar-refractivity contribution in [3.63, 3.8) is 0 Å². The van der Waals surface area contributed by atoms with Crippen LogP contribution in [0.3, 0.4) is 0 Å². The maximum atomic E-state index is 5.73. The largest absolute Gasteiger partial charge is 0.496 e. The normalized spacial score (nSPS) is 15.8. The molecule has 0 radical (unpaired) electrons. The van der Waals surface area contributed by atoms with Crippen LogP contribution in [0.5, 0.6) is 23.0 Å². The highest BCUT2D eigenvalue weighted by Crippen LogP contribution is 2.50. The molecule has 0 unspecified atom stereocenters. The summed E-state index contributed by atoms with van der Waals surface area (Å²) in [5.41, 5.74) is 9.65. The summed E-state index contributed by atoms with van der Waals surface area (Å²) in [5, 5.41) is 1.89. The van der Waals surface area contributed by atoms with Gasteiger partial charge >= 0.3 is 0 Å². The molecule has 42 heavy (non-hydrogen) atoms. The van der Waals surface area contributed by atoms with Gasteiger partial charge in [-0.15, -0.1) is 0 Å². The second-order valence-electron chi connectivity index (χ2n) is 12.6. The van der Waals surface area contributed by atoms with Crippen LogP contribution in [0.1, 0.15) is 50.2 Å². The van der Waals surface area contributed by atoms with Crippen LogP contribution in [0, 0.1) is 0 Å². The Morgan fingerprint density at radius 1 is 0.524 bits per heavy atom. The number of benzene rings is 2. The summed E-state index contributed by atoms with van der Waals surface area (Å²) in [7, 11) is 6.74. The lowest BCUT2D eigenvalue weighted by atomic mass is 9.70. The van der Waals surface area contributed by atoms with Gasteiger partial charge in [-0.05, 0) is 77.3 Å². The molecule has 0 aliphatic heterocycles. The quantitative estimate of drug-likeness (QED) is 0.229. The summed E-state index contributed by atoms with van der Waals surface area (Å²) in [6, 6.07) is 14.4. The fourth-order valence-corrected chi connectivity index (χ4v) is 6.85. The van der Waals surface area contributed by atoms with Gasteiger partial charge in [0.15, 0.2) is 0 Å². The summed E-state index contributed by atoms with van der Waals surface area (Å²) in [5.74, 6) is 2.99. The van der Waals surface area contributed by atoms with Crippen LogP contribution in [-0.2, 0) is 23.7 Å². The molecule has 0 fully saturated rings. The highest BCUT2D eigenvalue weighted by atomic mass is 16.5. The van der Waals surface area contributed by atoms with E-state index in [0.29, 0.717) is 11.5 Å². The molecule has 7 rings (SSSR count). The first-order valence-corrected chi connectivity index (χ1v) is 14.3. The number of hydrogen-bond acceptors (Lipinski definition) is 7. The second-order valence-corrected chi connectivity index (χ2v) is 12.6. The highest BCUT2D eigenvalue weighted by molar-refractivity contribution is 5.96. The maximum Gasteiger partial charge on any atom is 0.145 e. The van der Waals surface area contributed by atoms with Gasteiger partial charge in [0.05, 0.1) is 51.2 Å². The van der Waals surface area contributed by atoms with Crippen molar-refractivity contribution in [2.45, 2.75) is 51.4 Å². The Kier molecular flexibility index (Phi) is 5.71. The summed E-state index contributed by atoms with van der Waals surface area (Å²) in [6.07, 6.45) is 1.62. The van der Waals surface area contributed by atoms with Crippen molar-refractivity contribution in [2.24, 2.45) is 0 Å². The number of methoxy groups -OCH3 is 4. The van der Waals surface area contributed by atoms with E-state index in [0.717, 1.165) is 80.0 Å². The monoisotopic (exact) mass is 561 g/mol. The van der Waals surface area contributed by atoms with Crippen LogP contribution in [0.25, 0.3) is 44.3 Å². The van der Waals surface area contributed by atoms with E-state index in [2.05, 4.69) is 45.9 Å². The van der Waals surface area contributed by atoms with E-state index in [1.807, 2.05) is 24.3 Å². The van der Waals surface area contributed by atoms with Crippen LogP contribution in [-0.4, -0.2) is 43.4 Å². The van der Waals surface area contributed by atoms with Crippen LogP contribution >= 0.6 is 0 Å². The predicted octanol–water partition coefficient (Wildman–Crippen LogP) is 7.21. The number of hydrogen-bond donors (Lipinski definition) is 0. The molecule has 0 saturated heterocycles. The predicted molar refractivity (Wildman–Crippen MR) is 165 cm³/mol.